The zero-order chi connectivity index (χ0) is 12.3. The Bertz CT molecular complexity index is 557. The zero-order valence-corrected chi connectivity index (χ0v) is 11.0. The highest BCUT2D eigenvalue weighted by Crippen LogP contribution is 2.13. The molecular formula is C12H10IN3O. The van der Waals surface area contributed by atoms with Gasteiger partial charge in [-0.05, 0) is 52.9 Å². The number of amides is 1. The number of rotatable bonds is 2. The predicted molar refractivity (Wildman–Crippen MR) is 75.8 cm³/mol. The maximum Gasteiger partial charge on any atom is 0.274 e. The number of carbonyl (C=O) groups is 1. The molecule has 2 aromatic rings. The number of nitrogen functional groups attached to an aromatic ring is 1. The van der Waals surface area contributed by atoms with Crippen LogP contribution in [-0.2, 0) is 0 Å². The molecular weight excluding hydrogens is 329 g/mol. The maximum absolute atomic E-state index is 11.8. The van der Waals surface area contributed by atoms with Gasteiger partial charge in [0.05, 0.1) is 0 Å². The lowest BCUT2D eigenvalue weighted by Gasteiger charge is -2.05. The number of hydrogen-bond acceptors (Lipinski definition) is 3. The van der Waals surface area contributed by atoms with Gasteiger partial charge >= 0.3 is 0 Å². The van der Waals surface area contributed by atoms with Gasteiger partial charge in [-0.2, -0.15) is 0 Å². The van der Waals surface area contributed by atoms with Crippen molar-refractivity contribution in [3.63, 3.8) is 0 Å². The third-order valence-corrected chi connectivity index (χ3v) is 2.76. The summed E-state index contributed by atoms with van der Waals surface area (Å²) in [6, 6.07) is 12.5. The summed E-state index contributed by atoms with van der Waals surface area (Å²) in [6.45, 7) is 0. The van der Waals surface area contributed by atoms with E-state index in [9.17, 15) is 4.79 Å². The molecule has 1 heterocycles. The second-order valence-electron chi connectivity index (χ2n) is 3.41. The van der Waals surface area contributed by atoms with Crippen molar-refractivity contribution < 1.29 is 4.79 Å². The minimum absolute atomic E-state index is 0.265. The van der Waals surface area contributed by atoms with Crippen LogP contribution in [0.25, 0.3) is 0 Å². The van der Waals surface area contributed by atoms with Crippen molar-refractivity contribution in [3.8, 4) is 0 Å². The highest BCUT2D eigenvalue weighted by atomic mass is 127. The van der Waals surface area contributed by atoms with E-state index in [1.54, 1.807) is 18.2 Å². The highest BCUT2D eigenvalue weighted by molar-refractivity contribution is 14.1. The van der Waals surface area contributed by atoms with E-state index in [0.29, 0.717) is 11.5 Å². The van der Waals surface area contributed by atoms with E-state index in [4.69, 9.17) is 5.73 Å². The molecule has 0 spiro atoms. The quantitative estimate of drug-likeness (QED) is 0.827. The lowest BCUT2D eigenvalue weighted by atomic mass is 10.3. The van der Waals surface area contributed by atoms with Gasteiger partial charge in [-0.25, -0.2) is 4.98 Å². The molecule has 86 valence electrons. The summed E-state index contributed by atoms with van der Waals surface area (Å²) >= 11 is 2.19. The molecule has 0 fully saturated rings. The maximum atomic E-state index is 11.8. The standard InChI is InChI=1S/C12H10IN3O/c13-8-3-1-4-9(7-8)15-12(17)10-5-2-6-11(14)16-10/h1-7H,(H2,14,16)(H,15,17). The number of halogens is 1. The molecule has 0 unspecified atom stereocenters. The summed E-state index contributed by atoms with van der Waals surface area (Å²) in [7, 11) is 0. The van der Waals surface area contributed by atoms with E-state index in [2.05, 4.69) is 32.9 Å². The van der Waals surface area contributed by atoms with Crippen LogP contribution in [0.2, 0.25) is 0 Å². The number of aromatic nitrogens is 1. The Hall–Kier alpha value is -1.63. The van der Waals surface area contributed by atoms with Crippen LogP contribution in [0.15, 0.2) is 42.5 Å². The van der Waals surface area contributed by atoms with Crippen LogP contribution in [0, 0.1) is 3.57 Å². The third-order valence-electron chi connectivity index (χ3n) is 2.09. The van der Waals surface area contributed by atoms with E-state index >= 15 is 0 Å². The van der Waals surface area contributed by atoms with Crippen molar-refractivity contribution in [2.45, 2.75) is 0 Å². The molecule has 0 atom stereocenters. The smallest absolute Gasteiger partial charge is 0.274 e. The molecule has 0 aliphatic heterocycles. The van der Waals surface area contributed by atoms with Gasteiger partial charge in [0.15, 0.2) is 0 Å². The summed E-state index contributed by atoms with van der Waals surface area (Å²) in [5, 5.41) is 2.76. The molecule has 2 rings (SSSR count). The molecule has 0 saturated heterocycles. The number of pyridine rings is 1. The van der Waals surface area contributed by atoms with E-state index in [-0.39, 0.29) is 5.91 Å². The molecule has 0 bridgehead atoms. The van der Waals surface area contributed by atoms with Gasteiger partial charge in [-0.1, -0.05) is 12.1 Å². The van der Waals surface area contributed by atoms with Gasteiger partial charge < -0.3 is 11.1 Å². The lowest BCUT2D eigenvalue weighted by molar-refractivity contribution is 0.102. The monoisotopic (exact) mass is 339 g/mol. The molecule has 17 heavy (non-hydrogen) atoms. The molecule has 1 amide bonds. The SMILES string of the molecule is Nc1cccc(C(=O)Nc2cccc(I)c2)n1. The van der Waals surface area contributed by atoms with E-state index < -0.39 is 0 Å². The number of nitrogens with zero attached hydrogens (tertiary/aromatic N) is 1. The first-order valence-electron chi connectivity index (χ1n) is 4.94. The second-order valence-corrected chi connectivity index (χ2v) is 4.66. The number of hydrogen-bond donors (Lipinski definition) is 2. The van der Waals surface area contributed by atoms with E-state index in [1.165, 1.54) is 0 Å². The molecule has 4 nitrogen and oxygen atoms in total. The molecule has 1 aromatic carbocycles. The van der Waals surface area contributed by atoms with Crippen molar-refractivity contribution in [2.75, 3.05) is 11.1 Å². The van der Waals surface area contributed by atoms with Crippen molar-refractivity contribution in [1.82, 2.24) is 4.98 Å². The van der Waals surface area contributed by atoms with Gasteiger partial charge in [0.1, 0.15) is 11.5 Å². The first-order valence-corrected chi connectivity index (χ1v) is 6.02. The Morgan fingerprint density at radius 3 is 2.71 bits per heavy atom. The van der Waals surface area contributed by atoms with Crippen molar-refractivity contribution >= 4 is 40.0 Å². The minimum atomic E-state index is -0.265. The molecule has 0 saturated carbocycles. The summed E-state index contributed by atoms with van der Waals surface area (Å²) in [4.78, 5) is 15.8. The van der Waals surface area contributed by atoms with Crippen LogP contribution in [0.3, 0.4) is 0 Å². The average molecular weight is 339 g/mol. The fraction of sp³-hybridized carbons (Fsp3) is 0. The number of carbonyl (C=O) groups excluding carboxylic acids is 1. The van der Waals surface area contributed by atoms with Crippen LogP contribution in [0.4, 0.5) is 11.5 Å². The Kier molecular flexibility index (Phi) is 3.58. The summed E-state index contributed by atoms with van der Waals surface area (Å²) in [6.07, 6.45) is 0. The number of nitrogens with one attached hydrogen (secondary N) is 1. The van der Waals surface area contributed by atoms with Crippen LogP contribution in [-0.4, -0.2) is 10.9 Å². The number of benzene rings is 1. The molecule has 5 heteroatoms. The molecule has 0 aliphatic rings. The third kappa shape index (κ3) is 3.16. The van der Waals surface area contributed by atoms with Crippen molar-refractivity contribution in [3.05, 3.63) is 51.7 Å². The van der Waals surface area contributed by atoms with Crippen LogP contribution >= 0.6 is 22.6 Å². The molecule has 3 N–H and O–H groups in total. The van der Waals surface area contributed by atoms with Crippen molar-refractivity contribution in [1.29, 1.82) is 0 Å². The largest absolute Gasteiger partial charge is 0.384 e. The van der Waals surface area contributed by atoms with E-state index in [0.717, 1.165) is 9.26 Å². The molecule has 0 radical (unpaired) electrons. The summed E-state index contributed by atoms with van der Waals surface area (Å²) in [5.74, 6) is 0.0691. The minimum Gasteiger partial charge on any atom is -0.384 e. The summed E-state index contributed by atoms with van der Waals surface area (Å²) in [5.41, 5.74) is 6.57. The average Bonchev–Trinajstić information content (AvgIpc) is 2.29. The van der Waals surface area contributed by atoms with Gasteiger partial charge in [0.25, 0.3) is 5.91 Å². The van der Waals surface area contributed by atoms with Crippen molar-refractivity contribution in [2.24, 2.45) is 0 Å². The Morgan fingerprint density at radius 2 is 2.00 bits per heavy atom. The van der Waals surface area contributed by atoms with Gasteiger partial charge in [-0.15, -0.1) is 0 Å². The lowest BCUT2D eigenvalue weighted by Crippen LogP contribution is -2.14. The van der Waals surface area contributed by atoms with Gasteiger partial charge in [0.2, 0.25) is 0 Å². The Balaban J connectivity index is 2.17. The first-order chi connectivity index (χ1) is 8.15. The highest BCUT2D eigenvalue weighted by Gasteiger charge is 2.07. The number of anilines is 2. The normalized spacial score (nSPS) is 9.94. The first kappa shape index (κ1) is 11.8. The van der Waals surface area contributed by atoms with Gasteiger partial charge in [-0.3, -0.25) is 4.79 Å². The Labute approximate surface area is 112 Å². The van der Waals surface area contributed by atoms with Crippen LogP contribution < -0.4 is 11.1 Å². The fourth-order valence-corrected chi connectivity index (χ4v) is 1.88. The summed E-state index contributed by atoms with van der Waals surface area (Å²) < 4.78 is 1.06. The topological polar surface area (TPSA) is 68.0 Å². The molecule has 1 aromatic heterocycles. The zero-order valence-electron chi connectivity index (χ0n) is 8.85. The van der Waals surface area contributed by atoms with Crippen LogP contribution in [0.5, 0.6) is 0 Å². The van der Waals surface area contributed by atoms with Gasteiger partial charge in [0, 0.05) is 9.26 Å². The second kappa shape index (κ2) is 5.13. The van der Waals surface area contributed by atoms with E-state index in [1.807, 2.05) is 24.3 Å². The number of nitrogens with two attached hydrogens (primary N) is 1. The molecule has 0 aliphatic carbocycles. The predicted octanol–water partition coefficient (Wildman–Crippen LogP) is 2.52. The fourth-order valence-electron chi connectivity index (χ4n) is 1.34. The van der Waals surface area contributed by atoms with Crippen LogP contribution in [0.1, 0.15) is 10.5 Å². The Morgan fingerprint density at radius 1 is 1.24 bits per heavy atom.